The third-order valence-electron chi connectivity index (χ3n) is 3.94. The lowest BCUT2D eigenvalue weighted by Gasteiger charge is -2.06. The molecule has 0 bridgehead atoms. The molecule has 0 aliphatic heterocycles. The highest BCUT2D eigenvalue weighted by molar-refractivity contribution is 7.71. The molecule has 0 spiro atoms. The number of aromatic amines is 1. The minimum Gasteiger partial charge on any atom is -0.494 e. The molecule has 0 amide bonds. The fraction of sp³-hybridized carbons (Fsp3) is 0.200. The third kappa shape index (κ3) is 5.21. The molecule has 1 aromatic heterocycles. The predicted octanol–water partition coefficient (Wildman–Crippen LogP) is 3.50. The van der Waals surface area contributed by atoms with Crippen LogP contribution in [0.3, 0.4) is 0 Å². The molecule has 1 N–H and O–H groups in total. The van der Waals surface area contributed by atoms with E-state index in [0.717, 1.165) is 28.8 Å². The number of rotatable bonds is 7. The van der Waals surface area contributed by atoms with E-state index in [0.29, 0.717) is 12.3 Å². The smallest absolute Gasteiger partial charge is 0.296 e. The van der Waals surface area contributed by atoms with Gasteiger partial charge < -0.3 is 4.74 Å². The van der Waals surface area contributed by atoms with E-state index in [-0.39, 0.29) is 10.3 Å². The van der Waals surface area contributed by atoms with E-state index in [2.05, 4.69) is 27.4 Å². The summed E-state index contributed by atoms with van der Waals surface area (Å²) in [5, 5.41) is 10.5. The molecule has 0 radical (unpaired) electrons. The van der Waals surface area contributed by atoms with Gasteiger partial charge in [-0.05, 0) is 67.4 Å². The highest BCUT2D eigenvalue weighted by Gasteiger charge is 2.01. The van der Waals surface area contributed by atoms with Gasteiger partial charge in [-0.2, -0.15) is 14.9 Å². The maximum atomic E-state index is 12.0. The second-order valence-electron chi connectivity index (χ2n) is 5.98. The Hall–Kier alpha value is -3.06. The average Bonchev–Trinajstić information content (AvgIpc) is 2.70. The lowest BCUT2D eigenvalue weighted by molar-refractivity contribution is 0.311. The molecule has 6 nitrogen and oxygen atoms in total. The number of ether oxygens (including phenoxy) is 1. The van der Waals surface area contributed by atoms with Gasteiger partial charge in [-0.1, -0.05) is 30.3 Å². The highest BCUT2D eigenvalue weighted by atomic mass is 32.1. The summed E-state index contributed by atoms with van der Waals surface area (Å²) in [6.07, 6.45) is 3.52. The lowest BCUT2D eigenvalue weighted by Crippen LogP contribution is -2.22. The molecule has 0 fully saturated rings. The summed E-state index contributed by atoms with van der Waals surface area (Å²) in [6, 6.07) is 17.9. The first-order valence-electron chi connectivity index (χ1n) is 8.63. The molecule has 3 aromatic rings. The fourth-order valence-electron chi connectivity index (χ4n) is 2.46. The highest BCUT2D eigenvalue weighted by Crippen LogP contribution is 2.12. The minimum atomic E-state index is -0.339. The molecule has 2 aromatic carbocycles. The van der Waals surface area contributed by atoms with Crippen LogP contribution < -0.4 is 10.3 Å². The number of aryl methyl sites for hydroxylation is 2. The van der Waals surface area contributed by atoms with E-state index < -0.39 is 0 Å². The SMILES string of the molecule is Cc1n[nH]c(=S)n(/N=C\c2ccc(OCCCc3ccccc3)cc2)c1=O. The van der Waals surface area contributed by atoms with Crippen molar-refractivity contribution in [2.75, 3.05) is 6.61 Å². The Morgan fingerprint density at radius 1 is 1.19 bits per heavy atom. The van der Waals surface area contributed by atoms with Crippen molar-refractivity contribution in [3.8, 4) is 5.75 Å². The van der Waals surface area contributed by atoms with Crippen molar-refractivity contribution in [1.82, 2.24) is 14.9 Å². The predicted molar refractivity (Wildman–Crippen MR) is 108 cm³/mol. The van der Waals surface area contributed by atoms with Gasteiger partial charge in [0.2, 0.25) is 4.77 Å². The molecule has 0 saturated carbocycles. The Morgan fingerprint density at radius 3 is 2.67 bits per heavy atom. The first-order valence-corrected chi connectivity index (χ1v) is 9.04. The molecule has 0 saturated heterocycles. The number of nitrogens with zero attached hydrogens (tertiary/aromatic N) is 3. The van der Waals surface area contributed by atoms with E-state index >= 15 is 0 Å². The van der Waals surface area contributed by atoms with Crippen LogP contribution in [0.4, 0.5) is 0 Å². The van der Waals surface area contributed by atoms with Gasteiger partial charge >= 0.3 is 0 Å². The monoisotopic (exact) mass is 380 g/mol. The van der Waals surface area contributed by atoms with Gasteiger partial charge in [0.05, 0.1) is 12.8 Å². The second kappa shape index (κ2) is 9.05. The molecule has 0 aliphatic rings. The van der Waals surface area contributed by atoms with Crippen molar-refractivity contribution in [3.05, 3.63) is 86.5 Å². The van der Waals surface area contributed by atoms with Crippen LogP contribution in [0.1, 0.15) is 23.2 Å². The van der Waals surface area contributed by atoms with Gasteiger partial charge in [0.15, 0.2) is 0 Å². The van der Waals surface area contributed by atoms with Crippen LogP contribution >= 0.6 is 12.2 Å². The Morgan fingerprint density at radius 2 is 1.93 bits per heavy atom. The maximum Gasteiger partial charge on any atom is 0.296 e. The largest absolute Gasteiger partial charge is 0.494 e. The topological polar surface area (TPSA) is 72.3 Å². The van der Waals surface area contributed by atoms with Gasteiger partial charge in [-0.25, -0.2) is 0 Å². The molecule has 3 rings (SSSR count). The molecule has 0 unspecified atom stereocenters. The molecule has 1 heterocycles. The maximum absolute atomic E-state index is 12.0. The number of hydrogen-bond donors (Lipinski definition) is 1. The molecular weight excluding hydrogens is 360 g/mol. The van der Waals surface area contributed by atoms with Crippen LogP contribution in [-0.2, 0) is 6.42 Å². The van der Waals surface area contributed by atoms with Crippen molar-refractivity contribution in [2.24, 2.45) is 5.10 Å². The Kier molecular flexibility index (Phi) is 6.27. The van der Waals surface area contributed by atoms with E-state index in [9.17, 15) is 4.79 Å². The van der Waals surface area contributed by atoms with Crippen molar-refractivity contribution in [2.45, 2.75) is 19.8 Å². The van der Waals surface area contributed by atoms with Crippen LogP contribution in [0, 0.1) is 11.7 Å². The van der Waals surface area contributed by atoms with E-state index in [1.165, 1.54) is 5.56 Å². The van der Waals surface area contributed by atoms with Crippen molar-refractivity contribution < 1.29 is 4.74 Å². The quantitative estimate of drug-likeness (QED) is 0.387. The van der Waals surface area contributed by atoms with Gasteiger partial charge in [-0.15, -0.1) is 0 Å². The molecule has 7 heteroatoms. The molecule has 0 aliphatic carbocycles. The third-order valence-corrected chi connectivity index (χ3v) is 4.20. The zero-order chi connectivity index (χ0) is 19.1. The van der Waals surface area contributed by atoms with Crippen LogP contribution in [-0.4, -0.2) is 27.7 Å². The molecule has 138 valence electrons. The summed E-state index contributed by atoms with van der Waals surface area (Å²) in [5.41, 5.74) is 2.11. The summed E-state index contributed by atoms with van der Waals surface area (Å²) >= 11 is 5.04. The van der Waals surface area contributed by atoms with E-state index in [1.807, 2.05) is 42.5 Å². The number of nitrogens with one attached hydrogen (secondary N) is 1. The summed E-state index contributed by atoms with van der Waals surface area (Å²) in [6.45, 7) is 2.26. The lowest BCUT2D eigenvalue weighted by atomic mass is 10.1. The fourth-order valence-corrected chi connectivity index (χ4v) is 2.64. The van der Waals surface area contributed by atoms with Crippen molar-refractivity contribution in [3.63, 3.8) is 0 Å². The van der Waals surface area contributed by atoms with Gasteiger partial charge in [0.25, 0.3) is 5.56 Å². The van der Waals surface area contributed by atoms with Crippen LogP contribution in [0.15, 0.2) is 64.5 Å². The van der Waals surface area contributed by atoms with Crippen LogP contribution in [0.2, 0.25) is 0 Å². The second-order valence-corrected chi connectivity index (χ2v) is 6.37. The standard InChI is InChI=1S/C20H20N4O2S/c1-15-19(25)24(20(27)23-22-15)21-14-17-9-11-18(12-10-17)26-13-5-8-16-6-3-2-4-7-16/h2-4,6-7,9-12,14H,5,8,13H2,1H3,(H,23,27)/b21-14-. The number of aromatic nitrogens is 3. The minimum absolute atomic E-state index is 0.153. The van der Waals surface area contributed by atoms with E-state index in [4.69, 9.17) is 17.0 Å². The first-order chi connectivity index (χ1) is 13.1. The molecular formula is C20H20N4O2S. The zero-order valence-electron chi connectivity index (χ0n) is 15.0. The summed E-state index contributed by atoms with van der Waals surface area (Å²) < 4.78 is 7.04. The van der Waals surface area contributed by atoms with Gasteiger partial charge in [0.1, 0.15) is 11.4 Å². The van der Waals surface area contributed by atoms with Gasteiger partial charge in [0, 0.05) is 0 Å². The summed E-state index contributed by atoms with van der Waals surface area (Å²) in [7, 11) is 0. The van der Waals surface area contributed by atoms with E-state index in [1.54, 1.807) is 13.1 Å². The zero-order valence-corrected chi connectivity index (χ0v) is 15.8. The number of H-pyrrole nitrogens is 1. The molecule has 27 heavy (non-hydrogen) atoms. The summed E-state index contributed by atoms with van der Waals surface area (Å²) in [5.74, 6) is 0.800. The Balaban J connectivity index is 1.55. The van der Waals surface area contributed by atoms with Crippen LogP contribution in [0.25, 0.3) is 0 Å². The summed E-state index contributed by atoms with van der Waals surface area (Å²) in [4.78, 5) is 12.0. The Labute approximate surface area is 162 Å². The molecule has 0 atom stereocenters. The van der Waals surface area contributed by atoms with Crippen molar-refractivity contribution in [1.29, 1.82) is 0 Å². The normalized spacial score (nSPS) is 11.0. The van der Waals surface area contributed by atoms with Crippen LogP contribution in [0.5, 0.6) is 5.75 Å². The number of hydrogen-bond acceptors (Lipinski definition) is 5. The first kappa shape index (κ1) is 18.7. The van der Waals surface area contributed by atoms with Crippen molar-refractivity contribution >= 4 is 18.4 Å². The average molecular weight is 380 g/mol. The van der Waals surface area contributed by atoms with Gasteiger partial charge in [-0.3, -0.25) is 9.89 Å². The Bertz CT molecular complexity index is 1020. The number of benzene rings is 2.